The minimum absolute atomic E-state index is 0.0268. The standard InChI is InChI=1S/C18H13N5O6/c19-7-12-15(17(24)25)14(10-2-1-3-11(6-10)23(28)29)16(18(26)27)13(21-12)8-22-5-4-20-9-22/h1-6,9,14-15H,8H2,(H,24,25)(H,26,27). The van der Waals surface area contributed by atoms with E-state index in [-0.39, 0.29) is 34.8 Å². The van der Waals surface area contributed by atoms with Gasteiger partial charge in [0.1, 0.15) is 17.7 Å². The second-order valence-electron chi connectivity index (χ2n) is 6.16. The number of carbonyl (C=O) groups is 2. The highest BCUT2D eigenvalue weighted by Gasteiger charge is 2.44. The molecule has 3 rings (SSSR count). The Bertz CT molecular complexity index is 1100. The molecule has 0 aliphatic carbocycles. The molecule has 146 valence electrons. The fourth-order valence-corrected chi connectivity index (χ4v) is 3.25. The number of nitro benzene ring substituents is 1. The van der Waals surface area contributed by atoms with Gasteiger partial charge in [0.25, 0.3) is 5.69 Å². The van der Waals surface area contributed by atoms with Crippen molar-refractivity contribution >= 4 is 23.3 Å². The zero-order chi connectivity index (χ0) is 21.1. The molecule has 1 aromatic carbocycles. The number of nitriles is 1. The van der Waals surface area contributed by atoms with Gasteiger partial charge in [-0.05, 0) is 5.56 Å². The highest BCUT2D eigenvalue weighted by atomic mass is 16.6. The number of allylic oxidation sites excluding steroid dienone is 1. The van der Waals surface area contributed by atoms with Gasteiger partial charge in [-0.3, -0.25) is 14.9 Å². The molecule has 2 unspecified atom stereocenters. The van der Waals surface area contributed by atoms with Crippen molar-refractivity contribution < 1.29 is 24.7 Å². The Morgan fingerprint density at radius 1 is 1.34 bits per heavy atom. The van der Waals surface area contributed by atoms with Gasteiger partial charge in [-0.15, -0.1) is 0 Å². The average molecular weight is 395 g/mol. The minimum atomic E-state index is -1.60. The summed E-state index contributed by atoms with van der Waals surface area (Å²) in [4.78, 5) is 42.4. The number of imidazole rings is 1. The zero-order valence-electron chi connectivity index (χ0n) is 14.7. The molecular formula is C18H13N5O6. The molecule has 0 amide bonds. The predicted octanol–water partition coefficient (Wildman–Crippen LogP) is 1.59. The normalized spacial score (nSPS) is 18.7. The number of benzene rings is 1. The van der Waals surface area contributed by atoms with Crippen molar-refractivity contribution in [3.05, 3.63) is 69.9 Å². The van der Waals surface area contributed by atoms with E-state index in [0.29, 0.717) is 0 Å². The molecule has 2 atom stereocenters. The highest BCUT2D eigenvalue weighted by molar-refractivity contribution is 6.14. The second kappa shape index (κ2) is 7.73. The van der Waals surface area contributed by atoms with E-state index in [2.05, 4.69) is 9.98 Å². The maximum atomic E-state index is 12.1. The van der Waals surface area contributed by atoms with E-state index >= 15 is 0 Å². The third-order valence-corrected chi connectivity index (χ3v) is 4.45. The molecule has 0 bridgehead atoms. The lowest BCUT2D eigenvalue weighted by Gasteiger charge is -2.29. The van der Waals surface area contributed by atoms with Crippen LogP contribution in [0.4, 0.5) is 5.69 Å². The fraction of sp³-hybridized carbons (Fsp3) is 0.167. The lowest BCUT2D eigenvalue weighted by molar-refractivity contribution is -0.384. The van der Waals surface area contributed by atoms with Gasteiger partial charge >= 0.3 is 11.9 Å². The van der Waals surface area contributed by atoms with Gasteiger partial charge < -0.3 is 14.8 Å². The number of aliphatic imine (C=N–C) groups is 1. The van der Waals surface area contributed by atoms with Crippen LogP contribution >= 0.6 is 0 Å². The van der Waals surface area contributed by atoms with Crippen LogP contribution in [0, 0.1) is 27.4 Å². The van der Waals surface area contributed by atoms with Gasteiger partial charge in [0.2, 0.25) is 0 Å². The monoisotopic (exact) mass is 395 g/mol. The maximum absolute atomic E-state index is 12.1. The highest BCUT2D eigenvalue weighted by Crippen LogP contribution is 2.40. The van der Waals surface area contributed by atoms with Crippen LogP contribution in [-0.2, 0) is 16.1 Å². The number of carboxylic acid groups (broad SMARTS) is 2. The number of non-ortho nitro benzene ring substituents is 1. The van der Waals surface area contributed by atoms with Crippen LogP contribution in [0.3, 0.4) is 0 Å². The van der Waals surface area contributed by atoms with Gasteiger partial charge in [-0.2, -0.15) is 5.26 Å². The van der Waals surface area contributed by atoms with Crippen molar-refractivity contribution in [2.75, 3.05) is 0 Å². The van der Waals surface area contributed by atoms with Crippen LogP contribution in [0.5, 0.6) is 0 Å². The maximum Gasteiger partial charge on any atom is 0.334 e. The van der Waals surface area contributed by atoms with Crippen molar-refractivity contribution in [1.82, 2.24) is 9.55 Å². The first-order valence-corrected chi connectivity index (χ1v) is 8.21. The molecule has 1 aliphatic rings. The molecule has 29 heavy (non-hydrogen) atoms. The summed E-state index contributed by atoms with van der Waals surface area (Å²) in [6, 6.07) is 6.77. The predicted molar refractivity (Wildman–Crippen MR) is 96.9 cm³/mol. The molecule has 2 aromatic rings. The molecule has 1 aliphatic heterocycles. The summed E-state index contributed by atoms with van der Waals surface area (Å²) in [6.07, 6.45) is 4.44. The number of nitro groups is 1. The molecule has 0 saturated heterocycles. The summed E-state index contributed by atoms with van der Waals surface area (Å²) in [5.41, 5.74) is -0.982. The van der Waals surface area contributed by atoms with E-state index < -0.39 is 28.7 Å². The molecule has 11 heteroatoms. The second-order valence-corrected chi connectivity index (χ2v) is 6.16. The van der Waals surface area contributed by atoms with E-state index in [1.165, 1.54) is 35.3 Å². The van der Waals surface area contributed by atoms with Crippen molar-refractivity contribution in [3.8, 4) is 6.07 Å². The van der Waals surface area contributed by atoms with E-state index in [9.17, 15) is 35.2 Å². The third-order valence-electron chi connectivity index (χ3n) is 4.45. The topological polar surface area (TPSA) is 172 Å². The van der Waals surface area contributed by atoms with Gasteiger partial charge in [0.05, 0.1) is 29.1 Å². The third kappa shape index (κ3) is 3.72. The lowest BCUT2D eigenvalue weighted by Crippen LogP contribution is -2.36. The van der Waals surface area contributed by atoms with Crippen molar-refractivity contribution in [3.63, 3.8) is 0 Å². The van der Waals surface area contributed by atoms with Crippen LogP contribution in [0.2, 0.25) is 0 Å². The van der Waals surface area contributed by atoms with Crippen LogP contribution < -0.4 is 0 Å². The Morgan fingerprint density at radius 2 is 2.10 bits per heavy atom. The lowest BCUT2D eigenvalue weighted by atomic mass is 9.75. The zero-order valence-corrected chi connectivity index (χ0v) is 14.7. The molecule has 0 saturated carbocycles. The van der Waals surface area contributed by atoms with E-state index in [1.807, 2.05) is 0 Å². The molecule has 0 spiro atoms. The van der Waals surface area contributed by atoms with Crippen molar-refractivity contribution in [2.45, 2.75) is 12.5 Å². The molecule has 0 fully saturated rings. The van der Waals surface area contributed by atoms with Crippen LogP contribution in [0.15, 0.2) is 59.2 Å². The Morgan fingerprint density at radius 3 is 2.66 bits per heavy atom. The number of carboxylic acids is 2. The Balaban J connectivity index is 2.26. The Kier molecular flexibility index (Phi) is 5.18. The fourth-order valence-electron chi connectivity index (χ4n) is 3.25. The van der Waals surface area contributed by atoms with Gasteiger partial charge in [-0.1, -0.05) is 12.1 Å². The Hall–Kier alpha value is -4.33. The first kappa shape index (κ1) is 19.4. The quantitative estimate of drug-likeness (QED) is 0.548. The minimum Gasteiger partial charge on any atom is -0.481 e. The van der Waals surface area contributed by atoms with E-state index in [0.717, 1.165) is 6.07 Å². The van der Waals surface area contributed by atoms with Gasteiger partial charge in [0, 0.05) is 30.4 Å². The van der Waals surface area contributed by atoms with Crippen LogP contribution in [0.1, 0.15) is 11.5 Å². The number of rotatable bonds is 6. The van der Waals surface area contributed by atoms with E-state index in [4.69, 9.17) is 0 Å². The molecule has 2 N–H and O–H groups in total. The number of nitrogens with zero attached hydrogens (tertiary/aromatic N) is 5. The molecule has 0 radical (unpaired) electrons. The van der Waals surface area contributed by atoms with Crippen molar-refractivity contribution in [2.24, 2.45) is 10.9 Å². The molecular weight excluding hydrogens is 382 g/mol. The summed E-state index contributed by atoms with van der Waals surface area (Å²) < 4.78 is 1.52. The average Bonchev–Trinajstić information content (AvgIpc) is 3.19. The summed E-state index contributed by atoms with van der Waals surface area (Å²) in [7, 11) is 0. The molecule has 2 heterocycles. The van der Waals surface area contributed by atoms with Crippen LogP contribution in [0.25, 0.3) is 0 Å². The number of aliphatic carboxylic acids is 2. The van der Waals surface area contributed by atoms with E-state index in [1.54, 1.807) is 12.3 Å². The molecule has 1 aromatic heterocycles. The first-order chi connectivity index (χ1) is 13.8. The number of aromatic nitrogens is 2. The van der Waals surface area contributed by atoms with Crippen molar-refractivity contribution in [1.29, 1.82) is 5.26 Å². The summed E-state index contributed by atoms with van der Waals surface area (Å²) in [5, 5.41) is 40.1. The largest absolute Gasteiger partial charge is 0.481 e. The van der Waals surface area contributed by atoms with Gasteiger partial charge in [0.15, 0.2) is 0 Å². The SMILES string of the molecule is N#CC1=NC(Cn2ccnc2)=C(C(=O)O)C(c2cccc([N+](=O)[O-])c2)C1C(=O)O. The number of hydrogen-bond donors (Lipinski definition) is 2. The first-order valence-electron chi connectivity index (χ1n) is 8.21. The smallest absolute Gasteiger partial charge is 0.334 e. The summed E-state index contributed by atoms with van der Waals surface area (Å²) >= 11 is 0. The summed E-state index contributed by atoms with van der Waals surface area (Å²) in [6.45, 7) is -0.0649. The Labute approximate surface area is 163 Å². The molecule has 11 nitrogen and oxygen atoms in total. The van der Waals surface area contributed by atoms with Crippen LogP contribution in [-0.4, -0.2) is 42.3 Å². The van der Waals surface area contributed by atoms with Gasteiger partial charge in [-0.25, -0.2) is 14.8 Å². The summed E-state index contributed by atoms with van der Waals surface area (Å²) in [5.74, 6) is -5.82. The number of hydrogen-bond acceptors (Lipinski definition) is 7.